The molecule has 10 heteroatoms. The van der Waals surface area contributed by atoms with Crippen molar-refractivity contribution < 1.29 is 27.9 Å². The molecule has 2 heterocycles. The largest absolute Gasteiger partial charge is 0.497 e. The Labute approximate surface area is 194 Å². The van der Waals surface area contributed by atoms with Gasteiger partial charge in [0.2, 0.25) is 10.0 Å². The number of hydrogen-bond donors (Lipinski definition) is 1. The van der Waals surface area contributed by atoms with Crippen LogP contribution in [0.2, 0.25) is 0 Å². The number of nitrogens with zero attached hydrogens (tertiary/aromatic N) is 2. The van der Waals surface area contributed by atoms with Gasteiger partial charge in [0.05, 0.1) is 29.6 Å². The average Bonchev–Trinajstić information content (AvgIpc) is 3.25. The van der Waals surface area contributed by atoms with E-state index in [1.807, 2.05) is 0 Å². The lowest BCUT2D eigenvalue weighted by Gasteiger charge is -2.24. The predicted molar refractivity (Wildman–Crippen MR) is 128 cm³/mol. The standard InChI is InChI=1S/C23H20N2O6S2/c1-31-16-10-8-15(9-11-16)25(33(29,30)14-4-7-20(26)27)23(28)21-17-5-2-3-6-19(17)24-22-18(21)12-13-32-22/h2-3,5-6,8-13H,4,7,14H2,1H3,(H,26,27). The number of para-hydroxylation sites is 1. The molecule has 0 radical (unpaired) electrons. The van der Waals surface area contributed by atoms with E-state index < -0.39 is 27.7 Å². The number of sulfonamides is 1. The second-order valence-corrected chi connectivity index (χ2v) is 10.1. The van der Waals surface area contributed by atoms with Crippen molar-refractivity contribution in [1.29, 1.82) is 0 Å². The fourth-order valence-corrected chi connectivity index (χ4v) is 5.83. The normalized spacial score (nSPS) is 11.5. The zero-order chi connectivity index (χ0) is 23.6. The maximum absolute atomic E-state index is 13.9. The third kappa shape index (κ3) is 4.53. The van der Waals surface area contributed by atoms with Crippen LogP contribution in [0, 0.1) is 0 Å². The van der Waals surface area contributed by atoms with Crippen LogP contribution >= 0.6 is 11.3 Å². The summed E-state index contributed by atoms with van der Waals surface area (Å²) in [5.74, 6) is -1.82. The fraction of sp³-hybridized carbons (Fsp3) is 0.174. The number of anilines is 1. The van der Waals surface area contributed by atoms with E-state index in [1.54, 1.807) is 47.8 Å². The molecule has 0 unspecified atom stereocenters. The van der Waals surface area contributed by atoms with Gasteiger partial charge in [-0.25, -0.2) is 17.7 Å². The Morgan fingerprint density at radius 1 is 1.06 bits per heavy atom. The van der Waals surface area contributed by atoms with Crippen LogP contribution in [-0.2, 0) is 14.8 Å². The van der Waals surface area contributed by atoms with Gasteiger partial charge >= 0.3 is 5.97 Å². The summed E-state index contributed by atoms with van der Waals surface area (Å²) in [6.45, 7) is 0. The maximum Gasteiger partial charge on any atom is 0.303 e. The lowest BCUT2D eigenvalue weighted by atomic mass is 10.0. The van der Waals surface area contributed by atoms with E-state index in [9.17, 15) is 18.0 Å². The number of carbonyl (C=O) groups is 2. The molecule has 0 bridgehead atoms. The summed E-state index contributed by atoms with van der Waals surface area (Å²) < 4.78 is 32.6. The van der Waals surface area contributed by atoms with Crippen LogP contribution in [-0.4, -0.2) is 43.2 Å². The van der Waals surface area contributed by atoms with Gasteiger partial charge in [0.25, 0.3) is 5.91 Å². The minimum atomic E-state index is -4.20. The molecule has 0 saturated carbocycles. The molecule has 2 aromatic heterocycles. The van der Waals surface area contributed by atoms with E-state index in [-0.39, 0.29) is 24.1 Å². The van der Waals surface area contributed by atoms with Crippen LogP contribution in [0.1, 0.15) is 23.2 Å². The van der Waals surface area contributed by atoms with Crippen molar-refractivity contribution in [3.05, 3.63) is 65.5 Å². The third-order valence-electron chi connectivity index (χ3n) is 5.09. The Morgan fingerprint density at radius 2 is 1.79 bits per heavy atom. The number of carboxylic acid groups (broad SMARTS) is 1. The monoisotopic (exact) mass is 484 g/mol. The molecule has 0 aliphatic rings. The lowest BCUT2D eigenvalue weighted by molar-refractivity contribution is -0.137. The molecule has 1 N–H and O–H groups in total. The highest BCUT2D eigenvalue weighted by atomic mass is 32.2. The van der Waals surface area contributed by atoms with E-state index in [0.717, 1.165) is 4.31 Å². The molecule has 170 valence electrons. The smallest absolute Gasteiger partial charge is 0.303 e. The van der Waals surface area contributed by atoms with Crippen LogP contribution in [0.3, 0.4) is 0 Å². The average molecular weight is 485 g/mol. The number of fused-ring (bicyclic) bond motifs is 2. The van der Waals surface area contributed by atoms with Gasteiger partial charge in [-0.2, -0.15) is 0 Å². The zero-order valence-corrected chi connectivity index (χ0v) is 19.2. The predicted octanol–water partition coefficient (Wildman–Crippen LogP) is 4.30. The minimum Gasteiger partial charge on any atom is -0.497 e. The Hall–Kier alpha value is -3.50. The van der Waals surface area contributed by atoms with Gasteiger partial charge in [0, 0.05) is 17.2 Å². The van der Waals surface area contributed by atoms with Crippen molar-refractivity contribution in [3.8, 4) is 5.75 Å². The van der Waals surface area contributed by atoms with E-state index in [4.69, 9.17) is 9.84 Å². The third-order valence-corrected chi connectivity index (χ3v) is 7.63. The van der Waals surface area contributed by atoms with Crippen molar-refractivity contribution in [3.63, 3.8) is 0 Å². The highest BCUT2D eigenvalue weighted by molar-refractivity contribution is 7.93. The lowest BCUT2D eigenvalue weighted by Crippen LogP contribution is -2.39. The second-order valence-electron chi connectivity index (χ2n) is 7.22. The van der Waals surface area contributed by atoms with Crippen LogP contribution in [0.5, 0.6) is 5.75 Å². The number of methoxy groups -OCH3 is 1. The number of ether oxygens (including phenoxy) is 1. The first-order chi connectivity index (χ1) is 15.8. The van der Waals surface area contributed by atoms with E-state index in [2.05, 4.69) is 4.98 Å². The van der Waals surface area contributed by atoms with Crippen molar-refractivity contribution >= 4 is 60.0 Å². The summed E-state index contributed by atoms with van der Waals surface area (Å²) >= 11 is 1.36. The van der Waals surface area contributed by atoms with E-state index in [1.165, 1.54) is 30.6 Å². The van der Waals surface area contributed by atoms with Gasteiger partial charge < -0.3 is 9.84 Å². The molecular formula is C23H20N2O6S2. The molecule has 1 amide bonds. The molecule has 4 rings (SSSR count). The van der Waals surface area contributed by atoms with Gasteiger partial charge in [0.15, 0.2) is 0 Å². The highest BCUT2D eigenvalue weighted by Gasteiger charge is 2.32. The number of carboxylic acids is 1. The van der Waals surface area contributed by atoms with Crippen LogP contribution in [0.4, 0.5) is 5.69 Å². The summed E-state index contributed by atoms with van der Waals surface area (Å²) in [5, 5.41) is 11.8. The number of pyridine rings is 1. The van der Waals surface area contributed by atoms with Gasteiger partial charge in [-0.05, 0) is 48.2 Å². The molecule has 0 spiro atoms. The van der Waals surface area contributed by atoms with Crippen LogP contribution in [0.15, 0.2) is 60.0 Å². The summed E-state index contributed by atoms with van der Waals surface area (Å²) in [5.41, 5.74) is 0.948. The first-order valence-corrected chi connectivity index (χ1v) is 12.5. The Bertz CT molecular complexity index is 1450. The molecule has 0 saturated heterocycles. The first kappa shape index (κ1) is 22.7. The molecule has 0 atom stereocenters. The number of amides is 1. The van der Waals surface area contributed by atoms with Crippen molar-refractivity contribution in [2.75, 3.05) is 17.2 Å². The molecule has 0 fully saturated rings. The minimum absolute atomic E-state index is 0.122. The van der Waals surface area contributed by atoms with Crippen molar-refractivity contribution in [2.45, 2.75) is 12.8 Å². The quantitative estimate of drug-likeness (QED) is 0.397. The van der Waals surface area contributed by atoms with Gasteiger partial charge in [-0.1, -0.05) is 18.2 Å². The first-order valence-electron chi connectivity index (χ1n) is 10.0. The molecule has 0 aliphatic carbocycles. The molecular weight excluding hydrogens is 464 g/mol. The Balaban J connectivity index is 1.89. The molecule has 33 heavy (non-hydrogen) atoms. The summed E-state index contributed by atoms with van der Waals surface area (Å²) in [6, 6.07) is 14.9. The molecule has 2 aromatic carbocycles. The summed E-state index contributed by atoms with van der Waals surface area (Å²) in [6.07, 6.45) is -0.445. The number of aliphatic carboxylic acids is 1. The van der Waals surface area contributed by atoms with Gasteiger partial charge in [-0.3, -0.25) is 9.59 Å². The van der Waals surface area contributed by atoms with Gasteiger partial charge in [0.1, 0.15) is 10.6 Å². The molecule has 0 aliphatic heterocycles. The number of rotatable bonds is 8. The topological polar surface area (TPSA) is 114 Å². The van der Waals surface area contributed by atoms with Crippen molar-refractivity contribution in [2.24, 2.45) is 0 Å². The SMILES string of the molecule is COc1ccc(N(C(=O)c2c3ccccc3nc3sccc23)S(=O)(=O)CCCC(=O)O)cc1. The Kier molecular flexibility index (Phi) is 6.30. The number of benzene rings is 2. The van der Waals surface area contributed by atoms with Crippen LogP contribution in [0.25, 0.3) is 21.1 Å². The summed E-state index contributed by atoms with van der Waals surface area (Å²) in [4.78, 5) is 30.1. The highest BCUT2D eigenvalue weighted by Crippen LogP contribution is 2.33. The fourth-order valence-electron chi connectivity index (χ4n) is 3.57. The van der Waals surface area contributed by atoms with E-state index >= 15 is 0 Å². The molecule has 8 nitrogen and oxygen atoms in total. The summed E-state index contributed by atoms with van der Waals surface area (Å²) in [7, 11) is -2.71. The van der Waals surface area contributed by atoms with Gasteiger partial charge in [-0.15, -0.1) is 11.3 Å². The van der Waals surface area contributed by atoms with E-state index in [0.29, 0.717) is 26.9 Å². The maximum atomic E-state index is 13.9. The number of aromatic nitrogens is 1. The number of carbonyl (C=O) groups excluding carboxylic acids is 1. The van der Waals surface area contributed by atoms with Crippen molar-refractivity contribution in [1.82, 2.24) is 4.98 Å². The Morgan fingerprint density at radius 3 is 2.48 bits per heavy atom. The number of thiophene rings is 1. The zero-order valence-electron chi connectivity index (χ0n) is 17.6. The van der Waals surface area contributed by atoms with Crippen LogP contribution < -0.4 is 9.04 Å². The number of hydrogen-bond acceptors (Lipinski definition) is 7. The second kappa shape index (κ2) is 9.16. The molecule has 4 aromatic rings.